The lowest BCUT2D eigenvalue weighted by Crippen LogP contribution is -2.45. The Kier molecular flexibility index (Phi) is 7.82. The fraction of sp³-hybridized carbons (Fsp3) is 0.333. The zero-order valence-corrected chi connectivity index (χ0v) is 16.0. The number of hydrogen-bond donors (Lipinski definition) is 2. The van der Waals surface area contributed by atoms with E-state index in [1.165, 1.54) is 0 Å². The smallest absolute Gasteiger partial charge is 0.276 e. The Labute approximate surface area is 159 Å². The van der Waals surface area contributed by atoms with Crippen LogP contribution in [0.1, 0.15) is 36.5 Å². The molecule has 0 atom stereocenters. The summed E-state index contributed by atoms with van der Waals surface area (Å²) in [5, 5.41) is 0. The lowest BCUT2D eigenvalue weighted by molar-refractivity contribution is -0.132. The number of nitrogens with one attached hydrogen (secondary N) is 2. The Morgan fingerprint density at radius 2 is 1.63 bits per heavy atom. The number of ether oxygens (including phenoxy) is 2. The maximum absolute atomic E-state index is 11.9. The molecule has 2 aromatic carbocycles. The molecular weight excluding hydrogens is 344 g/mol. The van der Waals surface area contributed by atoms with Gasteiger partial charge in [0.25, 0.3) is 11.8 Å². The predicted octanol–water partition coefficient (Wildman–Crippen LogP) is 2.86. The van der Waals surface area contributed by atoms with Crippen LogP contribution < -0.4 is 15.6 Å². The van der Waals surface area contributed by atoms with Crippen molar-refractivity contribution in [2.75, 3.05) is 13.2 Å². The van der Waals surface area contributed by atoms with E-state index in [2.05, 4.69) is 24.7 Å². The largest absolute Gasteiger partial charge is 0.483 e. The maximum Gasteiger partial charge on any atom is 0.276 e. The summed E-state index contributed by atoms with van der Waals surface area (Å²) < 4.78 is 10.9. The molecule has 2 aromatic rings. The summed E-state index contributed by atoms with van der Waals surface area (Å²) >= 11 is 0. The van der Waals surface area contributed by atoms with Gasteiger partial charge in [-0.15, -0.1) is 0 Å². The Balaban J connectivity index is 1.70. The number of amides is 2. The van der Waals surface area contributed by atoms with Crippen molar-refractivity contribution in [2.45, 2.75) is 33.3 Å². The Morgan fingerprint density at radius 3 is 2.30 bits per heavy atom. The van der Waals surface area contributed by atoms with Gasteiger partial charge >= 0.3 is 0 Å². The summed E-state index contributed by atoms with van der Waals surface area (Å²) in [6.07, 6.45) is 0. The van der Waals surface area contributed by atoms with Gasteiger partial charge in [-0.05, 0) is 35.6 Å². The van der Waals surface area contributed by atoms with Crippen LogP contribution in [-0.2, 0) is 20.9 Å². The number of carbonyl (C=O) groups is 2. The van der Waals surface area contributed by atoms with Gasteiger partial charge in [0.2, 0.25) is 0 Å². The minimum atomic E-state index is -0.442. The summed E-state index contributed by atoms with van der Waals surface area (Å²) in [7, 11) is 0. The first-order valence-corrected chi connectivity index (χ1v) is 8.88. The zero-order valence-electron chi connectivity index (χ0n) is 16.0. The Hall–Kier alpha value is -2.86. The number of rotatable bonds is 8. The number of benzene rings is 2. The van der Waals surface area contributed by atoms with Gasteiger partial charge in [-0.3, -0.25) is 20.4 Å². The van der Waals surface area contributed by atoms with E-state index < -0.39 is 11.8 Å². The number of hydrogen-bond acceptors (Lipinski definition) is 4. The molecule has 0 bridgehead atoms. The molecule has 2 amide bonds. The van der Waals surface area contributed by atoms with E-state index in [1.807, 2.05) is 55.5 Å². The van der Waals surface area contributed by atoms with Gasteiger partial charge in [0.15, 0.2) is 6.61 Å². The van der Waals surface area contributed by atoms with Gasteiger partial charge in [-0.25, -0.2) is 0 Å². The first kappa shape index (κ1) is 20.5. The molecule has 0 spiro atoms. The molecule has 2 N–H and O–H groups in total. The molecule has 0 aromatic heterocycles. The predicted molar refractivity (Wildman–Crippen MR) is 103 cm³/mol. The second-order valence-electron chi connectivity index (χ2n) is 6.56. The summed E-state index contributed by atoms with van der Waals surface area (Å²) in [6, 6.07) is 15.4. The number of carbonyl (C=O) groups excluding carboxylic acids is 2. The highest BCUT2D eigenvalue weighted by Crippen LogP contribution is 2.27. The van der Waals surface area contributed by atoms with Crippen molar-refractivity contribution < 1.29 is 19.1 Å². The van der Waals surface area contributed by atoms with Gasteiger partial charge in [0.1, 0.15) is 12.4 Å². The van der Waals surface area contributed by atoms with E-state index in [1.54, 1.807) is 0 Å². The molecule has 6 nitrogen and oxygen atoms in total. The highest BCUT2D eigenvalue weighted by atomic mass is 16.5. The van der Waals surface area contributed by atoms with Crippen molar-refractivity contribution in [3.05, 3.63) is 65.2 Å². The standard InChI is InChI=1S/C21H26N2O4/c1-15(2)18-10-9-16(3)11-19(18)27-14-21(25)23-22-20(24)13-26-12-17-7-5-4-6-8-17/h4-11,15H,12-14H2,1-3H3,(H,22,24)(H,23,25). The van der Waals surface area contributed by atoms with E-state index in [9.17, 15) is 9.59 Å². The van der Waals surface area contributed by atoms with E-state index in [4.69, 9.17) is 9.47 Å². The fourth-order valence-electron chi connectivity index (χ4n) is 2.43. The van der Waals surface area contributed by atoms with Crippen molar-refractivity contribution in [2.24, 2.45) is 0 Å². The van der Waals surface area contributed by atoms with Gasteiger partial charge < -0.3 is 9.47 Å². The normalized spacial score (nSPS) is 10.5. The minimum Gasteiger partial charge on any atom is -0.483 e. The first-order valence-electron chi connectivity index (χ1n) is 8.88. The Bertz CT molecular complexity index is 760. The van der Waals surface area contributed by atoms with Crippen LogP contribution in [0.5, 0.6) is 5.75 Å². The van der Waals surface area contributed by atoms with Crippen molar-refractivity contribution in [1.29, 1.82) is 0 Å². The molecule has 0 radical (unpaired) electrons. The van der Waals surface area contributed by atoms with Crippen LogP contribution >= 0.6 is 0 Å². The third-order valence-electron chi connectivity index (χ3n) is 3.84. The van der Waals surface area contributed by atoms with Crippen LogP contribution in [0.15, 0.2) is 48.5 Å². The molecule has 27 heavy (non-hydrogen) atoms. The Morgan fingerprint density at radius 1 is 0.963 bits per heavy atom. The van der Waals surface area contributed by atoms with Crippen molar-refractivity contribution >= 4 is 11.8 Å². The zero-order chi connectivity index (χ0) is 19.6. The van der Waals surface area contributed by atoms with Gasteiger partial charge in [-0.1, -0.05) is 56.3 Å². The molecule has 0 saturated carbocycles. The van der Waals surface area contributed by atoms with Crippen LogP contribution in [0.4, 0.5) is 0 Å². The van der Waals surface area contributed by atoms with Gasteiger partial charge in [-0.2, -0.15) is 0 Å². The lowest BCUT2D eigenvalue weighted by Gasteiger charge is -2.15. The SMILES string of the molecule is Cc1ccc(C(C)C)c(OCC(=O)NNC(=O)COCc2ccccc2)c1. The molecule has 0 aliphatic rings. The molecule has 6 heteroatoms. The summed E-state index contributed by atoms with van der Waals surface area (Å²) in [4.78, 5) is 23.6. The molecule has 0 aliphatic heterocycles. The topological polar surface area (TPSA) is 76.7 Å². The average Bonchev–Trinajstić information content (AvgIpc) is 2.65. The first-order chi connectivity index (χ1) is 13.0. The minimum absolute atomic E-state index is 0.147. The summed E-state index contributed by atoms with van der Waals surface area (Å²) in [5.74, 6) is 0.0862. The third kappa shape index (κ3) is 7.11. The van der Waals surface area contributed by atoms with Crippen LogP contribution in [-0.4, -0.2) is 25.0 Å². The second-order valence-corrected chi connectivity index (χ2v) is 6.56. The summed E-state index contributed by atoms with van der Waals surface area (Å²) in [6.45, 7) is 6.09. The quantitative estimate of drug-likeness (QED) is 0.701. The van der Waals surface area contributed by atoms with E-state index in [0.29, 0.717) is 12.4 Å². The van der Waals surface area contributed by atoms with Crippen LogP contribution in [0, 0.1) is 6.92 Å². The number of aryl methyl sites for hydroxylation is 1. The van der Waals surface area contributed by atoms with E-state index in [-0.39, 0.29) is 19.1 Å². The third-order valence-corrected chi connectivity index (χ3v) is 3.84. The molecule has 144 valence electrons. The van der Waals surface area contributed by atoms with Crippen molar-refractivity contribution in [3.8, 4) is 5.75 Å². The van der Waals surface area contributed by atoms with Gasteiger partial charge in [0.05, 0.1) is 6.61 Å². The number of hydrazine groups is 1. The summed E-state index contributed by atoms with van der Waals surface area (Å²) in [5.41, 5.74) is 7.69. The van der Waals surface area contributed by atoms with Crippen molar-refractivity contribution in [1.82, 2.24) is 10.9 Å². The maximum atomic E-state index is 11.9. The molecule has 0 unspecified atom stereocenters. The van der Waals surface area contributed by atoms with Crippen LogP contribution in [0.2, 0.25) is 0 Å². The fourth-order valence-corrected chi connectivity index (χ4v) is 2.43. The van der Waals surface area contributed by atoms with E-state index in [0.717, 1.165) is 16.7 Å². The molecule has 0 heterocycles. The molecule has 2 rings (SSSR count). The highest BCUT2D eigenvalue weighted by molar-refractivity contribution is 5.83. The molecule has 0 saturated heterocycles. The molecular formula is C21H26N2O4. The molecule has 0 aliphatic carbocycles. The second kappa shape index (κ2) is 10.3. The molecule has 0 fully saturated rings. The van der Waals surface area contributed by atoms with Crippen LogP contribution in [0.3, 0.4) is 0 Å². The lowest BCUT2D eigenvalue weighted by atomic mass is 10.0. The van der Waals surface area contributed by atoms with Crippen molar-refractivity contribution in [3.63, 3.8) is 0 Å². The monoisotopic (exact) mass is 370 g/mol. The van der Waals surface area contributed by atoms with Gasteiger partial charge in [0, 0.05) is 0 Å². The average molecular weight is 370 g/mol. The van der Waals surface area contributed by atoms with E-state index >= 15 is 0 Å². The van der Waals surface area contributed by atoms with Crippen LogP contribution in [0.25, 0.3) is 0 Å². The highest BCUT2D eigenvalue weighted by Gasteiger charge is 2.11.